The van der Waals surface area contributed by atoms with Gasteiger partial charge in [-0.15, -0.1) is 0 Å². The van der Waals surface area contributed by atoms with E-state index in [1.54, 1.807) is 0 Å². The van der Waals surface area contributed by atoms with Gasteiger partial charge >= 0.3 is 5.97 Å². The molecule has 18 heavy (non-hydrogen) atoms. The Bertz CT molecular complexity index is 428. The molecule has 0 saturated heterocycles. The van der Waals surface area contributed by atoms with E-state index < -0.39 is 18.0 Å². The summed E-state index contributed by atoms with van der Waals surface area (Å²) in [5.41, 5.74) is 5.72. The third-order valence-corrected chi connectivity index (χ3v) is 2.19. The number of carbonyl (C=O) groups excluding carboxylic acids is 1. The number of rotatable bonds is 6. The van der Waals surface area contributed by atoms with Crippen LogP contribution in [0.5, 0.6) is 0 Å². The molecule has 0 aliphatic rings. The monoisotopic (exact) mass is 252 g/mol. The van der Waals surface area contributed by atoms with Crippen molar-refractivity contribution in [2.45, 2.75) is 32.5 Å². The van der Waals surface area contributed by atoms with Gasteiger partial charge in [-0.05, 0) is 26.0 Å². The number of amides is 1. The number of pyridine rings is 1. The number of carboxylic acids is 1. The third kappa shape index (κ3) is 4.14. The predicted octanol–water partition coefficient (Wildman–Crippen LogP) is 1.12. The summed E-state index contributed by atoms with van der Waals surface area (Å²) in [7, 11) is 0. The zero-order chi connectivity index (χ0) is 13.7. The Morgan fingerprint density at radius 1 is 1.44 bits per heavy atom. The van der Waals surface area contributed by atoms with E-state index >= 15 is 0 Å². The molecule has 0 aliphatic carbocycles. The molecule has 6 nitrogen and oxygen atoms in total. The van der Waals surface area contributed by atoms with E-state index in [-0.39, 0.29) is 18.1 Å². The van der Waals surface area contributed by atoms with E-state index in [4.69, 9.17) is 15.6 Å². The molecule has 6 heteroatoms. The quantitative estimate of drug-likeness (QED) is 0.789. The Kier molecular flexibility index (Phi) is 4.79. The first kappa shape index (κ1) is 14.1. The molecule has 0 spiro atoms. The highest BCUT2D eigenvalue weighted by Gasteiger charge is 2.18. The molecule has 98 valence electrons. The number of nitrogens with two attached hydrogens (primary N) is 1. The van der Waals surface area contributed by atoms with Gasteiger partial charge in [0, 0.05) is 6.20 Å². The number of hydrogen-bond acceptors (Lipinski definition) is 4. The molecule has 1 aromatic heterocycles. The SMILES string of the molecule is CC(C)OC(CC(N)=O)c1ccc(C(=O)O)cn1. The van der Waals surface area contributed by atoms with Crippen LogP contribution in [-0.2, 0) is 9.53 Å². The number of aromatic carboxylic acids is 1. The second-order valence-corrected chi connectivity index (χ2v) is 4.12. The van der Waals surface area contributed by atoms with Gasteiger partial charge in [-0.2, -0.15) is 0 Å². The van der Waals surface area contributed by atoms with Crippen LogP contribution in [-0.4, -0.2) is 28.1 Å². The second kappa shape index (κ2) is 6.11. The molecular formula is C12H16N2O4. The molecule has 1 atom stereocenters. The van der Waals surface area contributed by atoms with Crippen molar-refractivity contribution in [3.8, 4) is 0 Å². The van der Waals surface area contributed by atoms with E-state index in [1.165, 1.54) is 18.3 Å². The Morgan fingerprint density at radius 2 is 2.11 bits per heavy atom. The van der Waals surface area contributed by atoms with Crippen LogP contribution in [0.1, 0.15) is 42.4 Å². The molecule has 1 unspecified atom stereocenters. The summed E-state index contributed by atoms with van der Waals surface area (Å²) < 4.78 is 5.54. The first-order chi connectivity index (χ1) is 8.40. The molecule has 0 fully saturated rings. The average molecular weight is 252 g/mol. The lowest BCUT2D eigenvalue weighted by molar-refractivity contribution is -0.122. The van der Waals surface area contributed by atoms with Crippen molar-refractivity contribution in [3.05, 3.63) is 29.6 Å². The van der Waals surface area contributed by atoms with Crippen molar-refractivity contribution in [1.82, 2.24) is 4.98 Å². The minimum Gasteiger partial charge on any atom is -0.478 e. The summed E-state index contributed by atoms with van der Waals surface area (Å²) in [5.74, 6) is -1.55. The van der Waals surface area contributed by atoms with Crippen molar-refractivity contribution in [1.29, 1.82) is 0 Å². The fraction of sp³-hybridized carbons (Fsp3) is 0.417. The van der Waals surface area contributed by atoms with E-state index in [2.05, 4.69) is 4.98 Å². The van der Waals surface area contributed by atoms with Crippen LogP contribution < -0.4 is 5.73 Å². The summed E-state index contributed by atoms with van der Waals surface area (Å²) in [6.45, 7) is 3.67. The Hall–Kier alpha value is -1.95. The standard InChI is InChI=1S/C12H16N2O4/c1-7(2)18-10(5-11(13)15)9-4-3-8(6-14-9)12(16)17/h3-4,6-7,10H,5H2,1-2H3,(H2,13,15)(H,16,17). The number of nitrogens with zero attached hydrogens (tertiary/aromatic N) is 1. The van der Waals surface area contributed by atoms with Crippen LogP contribution in [0.2, 0.25) is 0 Å². The molecule has 1 heterocycles. The zero-order valence-corrected chi connectivity index (χ0v) is 10.3. The average Bonchev–Trinajstić information content (AvgIpc) is 2.27. The van der Waals surface area contributed by atoms with Gasteiger partial charge in [-0.1, -0.05) is 0 Å². The van der Waals surface area contributed by atoms with Crippen LogP contribution in [0.25, 0.3) is 0 Å². The molecule has 0 aromatic carbocycles. The van der Waals surface area contributed by atoms with Crippen molar-refractivity contribution in [2.24, 2.45) is 5.73 Å². The van der Waals surface area contributed by atoms with Gasteiger partial charge < -0.3 is 15.6 Å². The van der Waals surface area contributed by atoms with Gasteiger partial charge in [0.05, 0.1) is 23.8 Å². The minimum absolute atomic E-state index is 0.0115. The summed E-state index contributed by atoms with van der Waals surface area (Å²) in [4.78, 5) is 25.6. The van der Waals surface area contributed by atoms with Crippen molar-refractivity contribution >= 4 is 11.9 Å². The molecule has 0 bridgehead atoms. The number of hydrogen-bond donors (Lipinski definition) is 2. The Labute approximate surface area is 105 Å². The normalized spacial score (nSPS) is 12.4. The van der Waals surface area contributed by atoms with Crippen LogP contribution in [0.15, 0.2) is 18.3 Å². The summed E-state index contributed by atoms with van der Waals surface area (Å²) >= 11 is 0. The maximum Gasteiger partial charge on any atom is 0.337 e. The van der Waals surface area contributed by atoms with Crippen molar-refractivity contribution < 1.29 is 19.4 Å². The molecule has 1 amide bonds. The van der Waals surface area contributed by atoms with Crippen LogP contribution >= 0.6 is 0 Å². The number of aromatic nitrogens is 1. The van der Waals surface area contributed by atoms with E-state index in [9.17, 15) is 9.59 Å². The predicted molar refractivity (Wildman–Crippen MR) is 64.0 cm³/mol. The lowest BCUT2D eigenvalue weighted by Gasteiger charge is -2.18. The van der Waals surface area contributed by atoms with Gasteiger partial charge in [0.1, 0.15) is 6.10 Å². The third-order valence-electron chi connectivity index (χ3n) is 2.19. The molecule has 0 saturated carbocycles. The Morgan fingerprint density at radius 3 is 2.50 bits per heavy atom. The Balaban J connectivity index is 2.90. The molecule has 1 aromatic rings. The molecule has 1 rings (SSSR count). The lowest BCUT2D eigenvalue weighted by atomic mass is 10.1. The lowest BCUT2D eigenvalue weighted by Crippen LogP contribution is -2.20. The molecule has 0 aliphatic heterocycles. The van der Waals surface area contributed by atoms with Gasteiger partial charge in [-0.25, -0.2) is 4.79 Å². The molecular weight excluding hydrogens is 236 g/mol. The minimum atomic E-state index is -1.05. The maximum absolute atomic E-state index is 11.0. The highest BCUT2D eigenvalue weighted by Crippen LogP contribution is 2.21. The first-order valence-corrected chi connectivity index (χ1v) is 5.53. The van der Waals surface area contributed by atoms with E-state index in [1.807, 2.05) is 13.8 Å². The highest BCUT2D eigenvalue weighted by atomic mass is 16.5. The van der Waals surface area contributed by atoms with Crippen LogP contribution in [0.3, 0.4) is 0 Å². The van der Waals surface area contributed by atoms with E-state index in [0.717, 1.165) is 0 Å². The molecule has 3 N–H and O–H groups in total. The summed E-state index contributed by atoms with van der Waals surface area (Å²) in [5, 5.41) is 8.76. The fourth-order valence-corrected chi connectivity index (χ4v) is 1.46. The largest absolute Gasteiger partial charge is 0.478 e. The second-order valence-electron chi connectivity index (χ2n) is 4.12. The van der Waals surface area contributed by atoms with Gasteiger partial charge in [0.2, 0.25) is 5.91 Å². The van der Waals surface area contributed by atoms with Crippen molar-refractivity contribution in [2.75, 3.05) is 0 Å². The van der Waals surface area contributed by atoms with Gasteiger partial charge in [0.15, 0.2) is 0 Å². The number of carbonyl (C=O) groups is 2. The maximum atomic E-state index is 11.0. The molecule has 0 radical (unpaired) electrons. The van der Waals surface area contributed by atoms with Crippen molar-refractivity contribution in [3.63, 3.8) is 0 Å². The zero-order valence-electron chi connectivity index (χ0n) is 10.3. The van der Waals surface area contributed by atoms with Gasteiger partial charge in [0.25, 0.3) is 0 Å². The summed E-state index contributed by atoms with van der Waals surface area (Å²) in [6, 6.07) is 2.95. The fourth-order valence-electron chi connectivity index (χ4n) is 1.46. The smallest absolute Gasteiger partial charge is 0.337 e. The van der Waals surface area contributed by atoms with E-state index in [0.29, 0.717) is 5.69 Å². The number of ether oxygens (including phenoxy) is 1. The topological polar surface area (TPSA) is 103 Å². The van der Waals surface area contributed by atoms with Crippen LogP contribution in [0, 0.1) is 0 Å². The number of primary amides is 1. The summed E-state index contributed by atoms with van der Waals surface area (Å²) in [6.07, 6.45) is 0.605. The van der Waals surface area contributed by atoms with Gasteiger partial charge in [-0.3, -0.25) is 9.78 Å². The first-order valence-electron chi connectivity index (χ1n) is 5.53. The number of carboxylic acid groups (broad SMARTS) is 1. The highest BCUT2D eigenvalue weighted by molar-refractivity contribution is 5.87. The van der Waals surface area contributed by atoms with Crippen LogP contribution in [0.4, 0.5) is 0 Å².